The Labute approximate surface area is 119 Å². The summed E-state index contributed by atoms with van der Waals surface area (Å²) in [7, 11) is 1.92. The van der Waals surface area contributed by atoms with Crippen molar-refractivity contribution in [2.45, 2.75) is 26.8 Å². The van der Waals surface area contributed by atoms with Crippen LogP contribution in [0.25, 0.3) is 10.3 Å². The molecule has 100 valence electrons. The SMILES string of the molecule is Cc1nc([C@@H](C)Nc2nc3c(s2)c(C)nn3C)cs1. The lowest BCUT2D eigenvalue weighted by Crippen LogP contribution is -2.06. The van der Waals surface area contributed by atoms with Crippen LogP contribution in [0.15, 0.2) is 5.38 Å². The van der Waals surface area contributed by atoms with Crippen molar-refractivity contribution in [1.82, 2.24) is 19.7 Å². The Bertz CT molecular complexity index is 689. The Morgan fingerprint density at radius 2 is 2.11 bits per heavy atom. The molecule has 0 aromatic carbocycles. The normalized spacial score (nSPS) is 13.1. The summed E-state index contributed by atoms with van der Waals surface area (Å²) in [4.78, 5) is 9.09. The third-order valence-corrected chi connectivity index (χ3v) is 4.84. The van der Waals surface area contributed by atoms with E-state index in [9.17, 15) is 0 Å². The first-order valence-corrected chi connectivity index (χ1v) is 7.73. The fourth-order valence-electron chi connectivity index (χ4n) is 1.98. The van der Waals surface area contributed by atoms with Gasteiger partial charge in [0.2, 0.25) is 0 Å². The van der Waals surface area contributed by atoms with Crippen LogP contribution in [-0.2, 0) is 7.05 Å². The fourth-order valence-corrected chi connectivity index (χ4v) is 3.71. The molecule has 3 rings (SSSR count). The zero-order valence-electron chi connectivity index (χ0n) is 11.3. The second-order valence-electron chi connectivity index (χ2n) is 4.54. The maximum atomic E-state index is 4.59. The Morgan fingerprint density at radius 3 is 2.74 bits per heavy atom. The highest BCUT2D eigenvalue weighted by Crippen LogP contribution is 2.30. The molecule has 0 spiro atoms. The van der Waals surface area contributed by atoms with E-state index in [1.807, 2.05) is 25.6 Å². The minimum Gasteiger partial charge on any atom is -0.353 e. The molecule has 1 atom stereocenters. The first-order chi connectivity index (χ1) is 9.04. The number of rotatable bonds is 3. The summed E-state index contributed by atoms with van der Waals surface area (Å²) in [5.41, 5.74) is 3.03. The summed E-state index contributed by atoms with van der Waals surface area (Å²) >= 11 is 3.32. The second kappa shape index (κ2) is 4.57. The van der Waals surface area contributed by atoms with Gasteiger partial charge in [-0.15, -0.1) is 11.3 Å². The lowest BCUT2D eigenvalue weighted by Gasteiger charge is -2.09. The van der Waals surface area contributed by atoms with Gasteiger partial charge >= 0.3 is 0 Å². The van der Waals surface area contributed by atoms with Gasteiger partial charge in [-0.1, -0.05) is 11.3 Å². The van der Waals surface area contributed by atoms with Crippen LogP contribution in [0, 0.1) is 13.8 Å². The van der Waals surface area contributed by atoms with Crippen LogP contribution in [0.1, 0.15) is 29.4 Å². The quantitative estimate of drug-likeness (QED) is 0.805. The van der Waals surface area contributed by atoms with E-state index in [0.29, 0.717) is 0 Å². The predicted octanol–water partition coefficient (Wildman–Crippen LogP) is 3.28. The van der Waals surface area contributed by atoms with Crippen LogP contribution in [-0.4, -0.2) is 19.7 Å². The van der Waals surface area contributed by atoms with E-state index < -0.39 is 0 Å². The molecule has 3 aromatic rings. The highest BCUT2D eigenvalue weighted by molar-refractivity contribution is 7.22. The van der Waals surface area contributed by atoms with E-state index in [2.05, 4.69) is 32.7 Å². The highest BCUT2D eigenvalue weighted by Gasteiger charge is 2.15. The average Bonchev–Trinajstić information content (AvgIpc) is 3.00. The Balaban J connectivity index is 1.87. The van der Waals surface area contributed by atoms with Crippen molar-refractivity contribution in [3.63, 3.8) is 0 Å². The van der Waals surface area contributed by atoms with E-state index in [0.717, 1.165) is 31.9 Å². The predicted molar refractivity (Wildman–Crippen MR) is 80.0 cm³/mol. The van der Waals surface area contributed by atoms with Crippen LogP contribution in [0.2, 0.25) is 0 Å². The number of thiazole rings is 2. The number of anilines is 1. The van der Waals surface area contributed by atoms with Crippen molar-refractivity contribution in [3.8, 4) is 0 Å². The van der Waals surface area contributed by atoms with Crippen molar-refractivity contribution in [2.24, 2.45) is 7.05 Å². The summed E-state index contributed by atoms with van der Waals surface area (Å²) in [6, 6.07) is 0.166. The van der Waals surface area contributed by atoms with Gasteiger partial charge in [0.05, 0.1) is 27.1 Å². The van der Waals surface area contributed by atoms with E-state index in [1.165, 1.54) is 0 Å². The molecule has 1 N–H and O–H groups in total. The van der Waals surface area contributed by atoms with Crippen LogP contribution < -0.4 is 5.32 Å². The van der Waals surface area contributed by atoms with Crippen LogP contribution >= 0.6 is 22.7 Å². The molecule has 0 bridgehead atoms. The van der Waals surface area contributed by atoms with Gasteiger partial charge in [-0.05, 0) is 20.8 Å². The van der Waals surface area contributed by atoms with E-state index in [-0.39, 0.29) is 6.04 Å². The van der Waals surface area contributed by atoms with Crippen molar-refractivity contribution in [2.75, 3.05) is 5.32 Å². The van der Waals surface area contributed by atoms with Crippen molar-refractivity contribution < 1.29 is 0 Å². The molecule has 0 saturated carbocycles. The molecule has 5 nitrogen and oxygen atoms in total. The van der Waals surface area contributed by atoms with Crippen molar-refractivity contribution in [3.05, 3.63) is 21.8 Å². The van der Waals surface area contributed by atoms with Crippen molar-refractivity contribution >= 4 is 38.2 Å². The first-order valence-electron chi connectivity index (χ1n) is 6.03. The number of nitrogens with zero attached hydrogens (tertiary/aromatic N) is 4. The summed E-state index contributed by atoms with van der Waals surface area (Å²) < 4.78 is 2.97. The zero-order chi connectivity index (χ0) is 13.6. The molecule has 3 aromatic heterocycles. The second-order valence-corrected chi connectivity index (χ2v) is 6.60. The molecule has 0 amide bonds. The molecule has 0 radical (unpaired) electrons. The summed E-state index contributed by atoms with van der Waals surface area (Å²) in [6.45, 7) is 6.14. The number of nitrogens with one attached hydrogen (secondary N) is 1. The van der Waals surface area contributed by atoms with Gasteiger partial charge in [0, 0.05) is 12.4 Å². The summed E-state index contributed by atoms with van der Waals surface area (Å²) in [5.74, 6) is 0. The standard InChI is InChI=1S/C12H15N5S2/c1-6(9-5-18-8(3)14-9)13-12-15-11-10(19-12)7(2)16-17(11)4/h5-6H,1-4H3,(H,13,15)/t6-/m1/s1. The van der Waals surface area contributed by atoms with Crippen LogP contribution in [0.4, 0.5) is 5.13 Å². The Morgan fingerprint density at radius 1 is 1.32 bits per heavy atom. The van der Waals surface area contributed by atoms with Gasteiger partial charge in [-0.2, -0.15) is 5.10 Å². The maximum Gasteiger partial charge on any atom is 0.185 e. The number of aromatic nitrogens is 4. The molecule has 0 fully saturated rings. The largest absolute Gasteiger partial charge is 0.353 e. The molecule has 0 aliphatic carbocycles. The van der Waals surface area contributed by atoms with Crippen LogP contribution in [0.3, 0.4) is 0 Å². The van der Waals surface area contributed by atoms with Gasteiger partial charge in [0.1, 0.15) is 0 Å². The minimum absolute atomic E-state index is 0.166. The lowest BCUT2D eigenvalue weighted by molar-refractivity contribution is 0.773. The smallest absolute Gasteiger partial charge is 0.185 e. The minimum atomic E-state index is 0.166. The molecule has 0 saturated heterocycles. The van der Waals surface area contributed by atoms with Crippen molar-refractivity contribution in [1.29, 1.82) is 0 Å². The molecule has 0 aliphatic heterocycles. The Hall–Kier alpha value is -1.47. The van der Waals surface area contributed by atoms with E-state index >= 15 is 0 Å². The third kappa shape index (κ3) is 2.23. The molecular formula is C12H15N5S2. The third-order valence-electron chi connectivity index (χ3n) is 2.96. The molecule has 0 unspecified atom stereocenters. The highest BCUT2D eigenvalue weighted by atomic mass is 32.1. The maximum absolute atomic E-state index is 4.59. The van der Waals surface area contributed by atoms with E-state index in [4.69, 9.17) is 0 Å². The van der Waals surface area contributed by atoms with Gasteiger partial charge in [0.15, 0.2) is 10.8 Å². The molecule has 7 heteroatoms. The zero-order valence-corrected chi connectivity index (χ0v) is 12.9. The van der Waals surface area contributed by atoms with E-state index in [1.54, 1.807) is 22.7 Å². The summed E-state index contributed by atoms with van der Waals surface area (Å²) in [5, 5.41) is 11.9. The molecular weight excluding hydrogens is 278 g/mol. The molecule has 0 aliphatic rings. The lowest BCUT2D eigenvalue weighted by atomic mass is 10.3. The Kier molecular flexibility index (Phi) is 3.02. The van der Waals surface area contributed by atoms with Gasteiger partial charge in [-0.25, -0.2) is 14.6 Å². The number of hydrogen-bond acceptors (Lipinski definition) is 6. The average molecular weight is 293 g/mol. The monoisotopic (exact) mass is 293 g/mol. The topological polar surface area (TPSA) is 55.6 Å². The first kappa shape index (κ1) is 12.6. The fraction of sp³-hybridized carbons (Fsp3) is 0.417. The number of aryl methyl sites for hydroxylation is 3. The van der Waals surface area contributed by atoms with Gasteiger partial charge in [0.25, 0.3) is 0 Å². The van der Waals surface area contributed by atoms with Gasteiger partial charge in [-0.3, -0.25) is 0 Å². The number of fused-ring (bicyclic) bond motifs is 1. The summed E-state index contributed by atoms with van der Waals surface area (Å²) in [6.07, 6.45) is 0. The number of hydrogen-bond donors (Lipinski definition) is 1. The van der Waals surface area contributed by atoms with Gasteiger partial charge < -0.3 is 5.32 Å². The van der Waals surface area contributed by atoms with Crippen LogP contribution in [0.5, 0.6) is 0 Å². The molecule has 3 heterocycles. The molecule has 19 heavy (non-hydrogen) atoms.